The molecule has 0 aliphatic carbocycles. The first kappa shape index (κ1) is 20.9. The number of hydrogen-bond donors (Lipinski definition) is 2. The largest absolute Gasteiger partial charge is 0.357 e. The van der Waals surface area contributed by atoms with E-state index in [2.05, 4.69) is 34.4 Å². The lowest BCUT2D eigenvalue weighted by Gasteiger charge is -2.47. The lowest BCUT2D eigenvalue weighted by atomic mass is 9.82. The third-order valence-electron chi connectivity index (χ3n) is 6.88. The Morgan fingerprint density at radius 3 is 2.41 bits per heavy atom. The van der Waals surface area contributed by atoms with Crippen LogP contribution in [0.1, 0.15) is 77.6 Å². The van der Waals surface area contributed by atoms with Crippen molar-refractivity contribution in [2.75, 3.05) is 39.8 Å². The zero-order valence-electron chi connectivity index (χ0n) is 17.9. The Hall–Kier alpha value is -0.810. The van der Waals surface area contributed by atoms with Gasteiger partial charge in [0.1, 0.15) is 0 Å². The van der Waals surface area contributed by atoms with Crippen LogP contribution in [0.5, 0.6) is 0 Å². The fraction of sp³-hybridized carbons (Fsp3) is 0.955. The molecule has 156 valence electrons. The SMILES string of the molecule is CCNC(=NCCCCCN1CCCCC1)NC1CC2CCCC(C1)N2C. The summed E-state index contributed by atoms with van der Waals surface area (Å²) in [6, 6.07) is 2.13. The van der Waals surface area contributed by atoms with Crippen molar-refractivity contribution in [3.8, 4) is 0 Å². The minimum Gasteiger partial charge on any atom is -0.357 e. The van der Waals surface area contributed by atoms with E-state index in [1.807, 2.05) is 0 Å². The lowest BCUT2D eigenvalue weighted by molar-refractivity contribution is 0.0526. The molecule has 27 heavy (non-hydrogen) atoms. The molecule has 3 aliphatic heterocycles. The summed E-state index contributed by atoms with van der Waals surface area (Å²) < 4.78 is 0. The molecule has 3 rings (SSSR count). The zero-order valence-corrected chi connectivity index (χ0v) is 17.9. The average Bonchev–Trinajstić information content (AvgIpc) is 2.66. The lowest BCUT2D eigenvalue weighted by Crippen LogP contribution is -2.56. The predicted molar refractivity (Wildman–Crippen MR) is 115 cm³/mol. The molecule has 0 aromatic heterocycles. The van der Waals surface area contributed by atoms with Gasteiger partial charge in [-0.2, -0.15) is 0 Å². The quantitative estimate of drug-likeness (QED) is 0.387. The minimum atomic E-state index is 0.591. The van der Waals surface area contributed by atoms with E-state index in [9.17, 15) is 0 Å². The molecule has 2 unspecified atom stereocenters. The highest BCUT2D eigenvalue weighted by atomic mass is 15.2. The molecule has 0 aromatic rings. The zero-order chi connectivity index (χ0) is 18.9. The third kappa shape index (κ3) is 6.63. The molecular formula is C22H43N5. The summed E-state index contributed by atoms with van der Waals surface area (Å²) in [5.41, 5.74) is 0. The molecule has 2 bridgehead atoms. The van der Waals surface area contributed by atoms with Crippen molar-refractivity contribution < 1.29 is 0 Å². The molecular weight excluding hydrogens is 334 g/mol. The smallest absolute Gasteiger partial charge is 0.191 e. The number of piperidine rings is 3. The summed E-state index contributed by atoms with van der Waals surface area (Å²) in [4.78, 5) is 10.2. The van der Waals surface area contributed by atoms with Crippen molar-refractivity contribution in [1.82, 2.24) is 20.4 Å². The van der Waals surface area contributed by atoms with Crippen LogP contribution in [0, 0.1) is 0 Å². The van der Waals surface area contributed by atoms with Crippen LogP contribution in [0.25, 0.3) is 0 Å². The number of nitrogens with zero attached hydrogens (tertiary/aromatic N) is 3. The Kier molecular flexibility index (Phi) is 8.72. The molecule has 0 amide bonds. The standard InChI is InChI=1S/C22H43N5/c1-3-23-22(24-13-6-4-7-14-27-15-8-5-9-16-27)25-19-17-20-11-10-12-21(18-19)26(20)2/h19-21H,3-18H2,1-2H3,(H2,23,24,25). The Morgan fingerprint density at radius 2 is 1.70 bits per heavy atom. The van der Waals surface area contributed by atoms with Crippen molar-refractivity contribution in [3.63, 3.8) is 0 Å². The summed E-state index contributed by atoms with van der Waals surface area (Å²) in [5, 5.41) is 7.22. The first-order chi connectivity index (χ1) is 13.3. The van der Waals surface area contributed by atoms with Crippen LogP contribution >= 0.6 is 0 Å². The van der Waals surface area contributed by atoms with Crippen LogP contribution in [0.2, 0.25) is 0 Å². The molecule has 2 N–H and O–H groups in total. The molecule has 3 aliphatic rings. The number of fused-ring (bicyclic) bond motifs is 2. The number of unbranched alkanes of at least 4 members (excludes halogenated alkanes) is 2. The van der Waals surface area contributed by atoms with E-state index in [1.54, 1.807) is 0 Å². The summed E-state index contributed by atoms with van der Waals surface area (Å²) in [7, 11) is 2.33. The Morgan fingerprint density at radius 1 is 0.963 bits per heavy atom. The van der Waals surface area contributed by atoms with Crippen LogP contribution in [0.15, 0.2) is 4.99 Å². The number of aliphatic imine (C=N–C) groups is 1. The molecule has 0 aromatic carbocycles. The highest BCUT2D eigenvalue weighted by Gasteiger charge is 2.36. The van der Waals surface area contributed by atoms with Crippen LogP contribution in [0.4, 0.5) is 0 Å². The van der Waals surface area contributed by atoms with Crippen LogP contribution in [-0.4, -0.2) is 73.7 Å². The highest BCUT2D eigenvalue weighted by molar-refractivity contribution is 5.80. The van der Waals surface area contributed by atoms with Gasteiger partial charge >= 0.3 is 0 Å². The molecule has 3 fully saturated rings. The fourth-order valence-electron chi connectivity index (χ4n) is 5.24. The van der Waals surface area contributed by atoms with Gasteiger partial charge in [-0.3, -0.25) is 4.99 Å². The van der Waals surface area contributed by atoms with Gasteiger partial charge in [0.15, 0.2) is 5.96 Å². The van der Waals surface area contributed by atoms with Gasteiger partial charge in [0.2, 0.25) is 0 Å². The first-order valence-corrected chi connectivity index (χ1v) is 11.8. The monoisotopic (exact) mass is 377 g/mol. The maximum Gasteiger partial charge on any atom is 0.191 e. The number of nitrogens with one attached hydrogen (secondary N) is 2. The highest BCUT2D eigenvalue weighted by Crippen LogP contribution is 2.32. The van der Waals surface area contributed by atoms with E-state index >= 15 is 0 Å². The second kappa shape index (κ2) is 11.3. The van der Waals surface area contributed by atoms with Crippen molar-refractivity contribution in [3.05, 3.63) is 0 Å². The van der Waals surface area contributed by atoms with Crippen molar-refractivity contribution in [1.29, 1.82) is 0 Å². The van der Waals surface area contributed by atoms with E-state index in [4.69, 9.17) is 4.99 Å². The van der Waals surface area contributed by atoms with Crippen molar-refractivity contribution >= 4 is 5.96 Å². The molecule has 3 heterocycles. The van der Waals surface area contributed by atoms with Gasteiger partial charge in [-0.25, -0.2) is 0 Å². The molecule has 2 atom stereocenters. The van der Waals surface area contributed by atoms with Gasteiger partial charge in [-0.05, 0) is 85.0 Å². The summed E-state index contributed by atoms with van der Waals surface area (Å²) in [5.74, 6) is 1.04. The van der Waals surface area contributed by atoms with Gasteiger partial charge in [-0.15, -0.1) is 0 Å². The van der Waals surface area contributed by atoms with Gasteiger partial charge in [0.05, 0.1) is 0 Å². The van der Waals surface area contributed by atoms with Gasteiger partial charge in [0, 0.05) is 31.2 Å². The normalized spacial score (nSPS) is 30.3. The van der Waals surface area contributed by atoms with E-state index in [1.165, 1.54) is 90.3 Å². The molecule has 5 heteroatoms. The molecule has 0 saturated carbocycles. The van der Waals surface area contributed by atoms with Crippen molar-refractivity contribution in [2.24, 2.45) is 4.99 Å². The van der Waals surface area contributed by atoms with Crippen LogP contribution < -0.4 is 10.6 Å². The second-order valence-electron chi connectivity index (χ2n) is 8.94. The Balaban J connectivity index is 1.35. The predicted octanol–water partition coefficient (Wildman–Crippen LogP) is 3.21. The third-order valence-corrected chi connectivity index (χ3v) is 6.88. The maximum absolute atomic E-state index is 4.87. The number of hydrogen-bond acceptors (Lipinski definition) is 3. The maximum atomic E-state index is 4.87. The average molecular weight is 378 g/mol. The molecule has 0 spiro atoms. The second-order valence-corrected chi connectivity index (χ2v) is 8.94. The van der Waals surface area contributed by atoms with E-state index in [0.29, 0.717) is 6.04 Å². The van der Waals surface area contributed by atoms with E-state index in [0.717, 1.165) is 31.1 Å². The molecule has 3 saturated heterocycles. The number of rotatable bonds is 8. The van der Waals surface area contributed by atoms with Crippen LogP contribution in [-0.2, 0) is 0 Å². The topological polar surface area (TPSA) is 42.9 Å². The Labute approximate surface area is 167 Å². The fourth-order valence-corrected chi connectivity index (χ4v) is 5.24. The number of likely N-dealkylation sites (tertiary alicyclic amines) is 1. The van der Waals surface area contributed by atoms with Crippen LogP contribution in [0.3, 0.4) is 0 Å². The Bertz CT molecular complexity index is 432. The summed E-state index contributed by atoms with van der Waals surface area (Å²) in [6.07, 6.45) is 14.8. The summed E-state index contributed by atoms with van der Waals surface area (Å²) >= 11 is 0. The van der Waals surface area contributed by atoms with Gasteiger partial charge in [0.25, 0.3) is 0 Å². The van der Waals surface area contributed by atoms with Crippen molar-refractivity contribution in [2.45, 2.75) is 95.7 Å². The first-order valence-electron chi connectivity index (χ1n) is 11.8. The summed E-state index contributed by atoms with van der Waals surface area (Å²) in [6.45, 7) is 8.01. The van der Waals surface area contributed by atoms with Gasteiger partial charge < -0.3 is 20.4 Å². The number of guanidine groups is 1. The van der Waals surface area contributed by atoms with E-state index < -0.39 is 0 Å². The molecule has 0 radical (unpaired) electrons. The molecule has 5 nitrogen and oxygen atoms in total. The van der Waals surface area contributed by atoms with Gasteiger partial charge in [-0.1, -0.05) is 19.3 Å². The minimum absolute atomic E-state index is 0.591. The van der Waals surface area contributed by atoms with E-state index in [-0.39, 0.29) is 0 Å².